The van der Waals surface area contributed by atoms with Crippen LogP contribution in [0.1, 0.15) is 13.3 Å². The van der Waals surface area contributed by atoms with E-state index in [1.54, 1.807) is 12.3 Å². The first-order chi connectivity index (χ1) is 8.70. The Labute approximate surface area is 115 Å². The summed E-state index contributed by atoms with van der Waals surface area (Å²) in [4.78, 5) is 11.9. The number of hydrogen-bond acceptors (Lipinski definition) is 4. The monoisotopic (exact) mass is 314 g/mol. The molecule has 1 aromatic heterocycles. The molecular weight excluding hydrogens is 296 g/mol. The third-order valence-corrected chi connectivity index (χ3v) is 3.15. The van der Waals surface area contributed by atoms with Crippen LogP contribution in [0.25, 0.3) is 0 Å². The van der Waals surface area contributed by atoms with Crippen LogP contribution in [0.3, 0.4) is 0 Å². The second kappa shape index (κ2) is 8.05. The molecule has 0 aliphatic carbocycles. The lowest BCUT2D eigenvalue weighted by molar-refractivity contribution is 0.647. The summed E-state index contributed by atoms with van der Waals surface area (Å²) in [5.41, 5.74) is 0.586. The first-order valence-electron chi connectivity index (χ1n) is 6.01. The highest BCUT2D eigenvalue weighted by Crippen LogP contribution is 2.15. The third-order valence-electron chi connectivity index (χ3n) is 2.38. The quantitative estimate of drug-likeness (QED) is 0.565. The van der Waals surface area contributed by atoms with Crippen LogP contribution in [-0.4, -0.2) is 29.4 Å². The molecule has 0 saturated heterocycles. The smallest absolute Gasteiger partial charge is 0.283 e. The number of anilines is 1. The van der Waals surface area contributed by atoms with E-state index in [9.17, 15) is 4.79 Å². The molecule has 0 saturated carbocycles. The first-order valence-corrected chi connectivity index (χ1v) is 6.81. The minimum absolute atomic E-state index is 0.147. The van der Waals surface area contributed by atoms with Gasteiger partial charge in [-0.15, -0.1) is 6.58 Å². The summed E-state index contributed by atoms with van der Waals surface area (Å²) in [5.74, 6) is 0. The van der Waals surface area contributed by atoms with Gasteiger partial charge in [0.1, 0.15) is 4.47 Å². The van der Waals surface area contributed by atoms with Crippen molar-refractivity contribution < 1.29 is 0 Å². The lowest BCUT2D eigenvalue weighted by Gasteiger charge is -2.09. The van der Waals surface area contributed by atoms with E-state index in [0.29, 0.717) is 11.0 Å². The maximum Gasteiger partial charge on any atom is 0.283 e. The van der Waals surface area contributed by atoms with E-state index in [-0.39, 0.29) is 5.56 Å². The molecule has 0 aliphatic heterocycles. The van der Waals surface area contributed by atoms with E-state index in [1.807, 2.05) is 0 Å². The van der Waals surface area contributed by atoms with Gasteiger partial charge in [0.05, 0.1) is 18.4 Å². The van der Waals surface area contributed by atoms with Gasteiger partial charge in [0.25, 0.3) is 5.56 Å². The zero-order valence-electron chi connectivity index (χ0n) is 10.6. The molecule has 2 N–H and O–H groups in total. The Bertz CT molecular complexity index is 444. The molecule has 1 heterocycles. The van der Waals surface area contributed by atoms with Crippen LogP contribution in [0.2, 0.25) is 0 Å². The van der Waals surface area contributed by atoms with Crippen LogP contribution in [0.4, 0.5) is 5.69 Å². The zero-order valence-corrected chi connectivity index (χ0v) is 12.2. The Morgan fingerprint density at radius 1 is 1.56 bits per heavy atom. The Kier molecular flexibility index (Phi) is 6.67. The van der Waals surface area contributed by atoms with Gasteiger partial charge in [-0.05, 0) is 35.4 Å². The molecule has 100 valence electrons. The van der Waals surface area contributed by atoms with Crippen molar-refractivity contribution in [3.63, 3.8) is 0 Å². The molecule has 0 bridgehead atoms. The highest BCUT2D eigenvalue weighted by Gasteiger charge is 2.07. The van der Waals surface area contributed by atoms with Gasteiger partial charge in [0, 0.05) is 6.54 Å². The van der Waals surface area contributed by atoms with Crippen molar-refractivity contribution in [3.8, 4) is 0 Å². The Hall–Kier alpha value is -1.14. The average molecular weight is 315 g/mol. The van der Waals surface area contributed by atoms with Gasteiger partial charge in [-0.2, -0.15) is 5.10 Å². The molecule has 5 nitrogen and oxygen atoms in total. The van der Waals surface area contributed by atoms with Crippen LogP contribution >= 0.6 is 15.9 Å². The van der Waals surface area contributed by atoms with Crippen molar-refractivity contribution in [2.24, 2.45) is 0 Å². The van der Waals surface area contributed by atoms with Crippen molar-refractivity contribution in [1.29, 1.82) is 0 Å². The molecule has 0 amide bonds. The SMILES string of the molecule is C=CCn1ncc(NCCCNCC)c(Br)c1=O. The lowest BCUT2D eigenvalue weighted by atomic mass is 10.4. The maximum atomic E-state index is 11.9. The first kappa shape index (κ1) is 14.9. The lowest BCUT2D eigenvalue weighted by Crippen LogP contribution is -2.24. The van der Waals surface area contributed by atoms with Gasteiger partial charge >= 0.3 is 0 Å². The molecule has 0 atom stereocenters. The van der Waals surface area contributed by atoms with Gasteiger partial charge in [-0.1, -0.05) is 13.0 Å². The molecule has 0 spiro atoms. The maximum absolute atomic E-state index is 11.9. The molecule has 0 aromatic carbocycles. The van der Waals surface area contributed by atoms with Crippen molar-refractivity contribution in [3.05, 3.63) is 33.7 Å². The number of aromatic nitrogens is 2. The van der Waals surface area contributed by atoms with Crippen molar-refractivity contribution in [1.82, 2.24) is 15.1 Å². The average Bonchev–Trinajstić information content (AvgIpc) is 2.37. The van der Waals surface area contributed by atoms with E-state index < -0.39 is 0 Å². The van der Waals surface area contributed by atoms with E-state index >= 15 is 0 Å². The number of halogens is 1. The summed E-state index contributed by atoms with van der Waals surface area (Å²) in [7, 11) is 0. The minimum Gasteiger partial charge on any atom is -0.383 e. The number of nitrogens with one attached hydrogen (secondary N) is 2. The molecule has 0 aliphatic rings. The summed E-state index contributed by atoms with van der Waals surface area (Å²) in [6, 6.07) is 0. The van der Waals surface area contributed by atoms with Gasteiger partial charge in [0.15, 0.2) is 0 Å². The highest BCUT2D eigenvalue weighted by atomic mass is 79.9. The second-order valence-corrected chi connectivity index (χ2v) is 4.58. The van der Waals surface area contributed by atoms with E-state index in [0.717, 1.165) is 31.7 Å². The molecule has 18 heavy (non-hydrogen) atoms. The minimum atomic E-state index is -0.147. The standard InChI is InChI=1S/C12H19BrN4O/c1-3-8-17-12(18)11(13)10(9-16-17)15-7-5-6-14-4-2/h3,9,14-15H,1,4-8H2,2H3. The summed E-state index contributed by atoms with van der Waals surface area (Å²) in [6.07, 6.45) is 4.29. The van der Waals surface area contributed by atoms with Gasteiger partial charge in [-0.25, -0.2) is 4.68 Å². The normalized spacial score (nSPS) is 10.3. The zero-order chi connectivity index (χ0) is 13.4. The van der Waals surface area contributed by atoms with E-state index in [4.69, 9.17) is 0 Å². The topological polar surface area (TPSA) is 59.0 Å². The van der Waals surface area contributed by atoms with Crippen molar-refractivity contribution >= 4 is 21.6 Å². The summed E-state index contributed by atoms with van der Waals surface area (Å²) >= 11 is 3.30. The molecule has 0 unspecified atom stereocenters. The van der Waals surface area contributed by atoms with Crippen LogP contribution in [0.15, 0.2) is 28.1 Å². The Morgan fingerprint density at radius 3 is 3.00 bits per heavy atom. The van der Waals surface area contributed by atoms with Crippen molar-refractivity contribution in [2.45, 2.75) is 19.9 Å². The van der Waals surface area contributed by atoms with Crippen LogP contribution in [0, 0.1) is 0 Å². The fourth-order valence-electron chi connectivity index (χ4n) is 1.45. The molecule has 1 aromatic rings. The van der Waals surface area contributed by atoms with E-state index in [1.165, 1.54) is 4.68 Å². The molecule has 0 fully saturated rings. The molecule has 0 radical (unpaired) electrons. The summed E-state index contributed by atoms with van der Waals surface area (Å²) in [5, 5.41) is 10.5. The number of allylic oxidation sites excluding steroid dienone is 1. The van der Waals surface area contributed by atoms with Gasteiger partial charge in [0.2, 0.25) is 0 Å². The summed E-state index contributed by atoms with van der Waals surface area (Å²) < 4.78 is 1.88. The Morgan fingerprint density at radius 2 is 2.33 bits per heavy atom. The van der Waals surface area contributed by atoms with Crippen LogP contribution < -0.4 is 16.2 Å². The largest absolute Gasteiger partial charge is 0.383 e. The third kappa shape index (κ3) is 4.27. The fourth-order valence-corrected chi connectivity index (χ4v) is 1.90. The number of hydrogen-bond donors (Lipinski definition) is 2. The number of nitrogens with zero attached hydrogens (tertiary/aromatic N) is 2. The Balaban J connectivity index is 2.59. The fraction of sp³-hybridized carbons (Fsp3) is 0.500. The van der Waals surface area contributed by atoms with Gasteiger partial charge in [-0.3, -0.25) is 4.79 Å². The van der Waals surface area contributed by atoms with E-state index in [2.05, 4.69) is 45.2 Å². The van der Waals surface area contributed by atoms with Crippen LogP contribution in [-0.2, 0) is 6.54 Å². The number of rotatable bonds is 8. The molecular formula is C12H19BrN4O. The predicted octanol–water partition coefficient (Wildman–Crippen LogP) is 1.60. The van der Waals surface area contributed by atoms with Crippen molar-refractivity contribution in [2.75, 3.05) is 25.0 Å². The molecule has 1 rings (SSSR count). The summed E-state index contributed by atoms with van der Waals surface area (Å²) in [6.45, 7) is 8.82. The van der Waals surface area contributed by atoms with Gasteiger partial charge < -0.3 is 10.6 Å². The predicted molar refractivity (Wildman–Crippen MR) is 78.0 cm³/mol. The molecule has 6 heteroatoms. The van der Waals surface area contributed by atoms with Crippen LogP contribution in [0.5, 0.6) is 0 Å². The second-order valence-electron chi connectivity index (χ2n) is 3.78. The highest BCUT2D eigenvalue weighted by molar-refractivity contribution is 9.10.